The number of rotatable bonds is 10. The third-order valence-corrected chi connectivity index (χ3v) is 7.92. The number of hydrogen-bond donors (Lipinski definition) is 2. The van der Waals surface area contributed by atoms with Gasteiger partial charge >= 0.3 is 0 Å². The molecule has 0 bridgehead atoms. The van der Waals surface area contributed by atoms with E-state index in [2.05, 4.69) is 34.7 Å². The monoisotopic (exact) mass is 574 g/mol. The molecule has 0 saturated heterocycles. The van der Waals surface area contributed by atoms with Crippen LogP contribution >= 0.6 is 11.6 Å². The van der Waals surface area contributed by atoms with Crippen molar-refractivity contribution in [3.8, 4) is 5.75 Å². The lowest BCUT2D eigenvalue weighted by molar-refractivity contribution is -0.131. The lowest BCUT2D eigenvalue weighted by Gasteiger charge is -2.17. The Morgan fingerprint density at radius 1 is 1.00 bits per heavy atom. The number of aryl methyl sites for hydroxylation is 4. The number of anilines is 2. The van der Waals surface area contributed by atoms with E-state index in [0.717, 1.165) is 46.3 Å². The molecule has 0 spiro atoms. The SMILES string of the molecule is CCCc1cc2nccc(CCc3nc(C)c(NC(=O)C4(C(=O)Nc5ccc(F)cc5)CC4)cc3Cl)c2cc1OC. The predicted octanol–water partition coefficient (Wildman–Crippen LogP) is 6.83. The van der Waals surface area contributed by atoms with E-state index in [-0.39, 0.29) is 0 Å². The van der Waals surface area contributed by atoms with Crippen LogP contribution < -0.4 is 15.4 Å². The first-order valence-electron chi connectivity index (χ1n) is 13.7. The van der Waals surface area contributed by atoms with Crippen molar-refractivity contribution in [1.82, 2.24) is 9.97 Å². The van der Waals surface area contributed by atoms with Gasteiger partial charge in [-0.15, -0.1) is 0 Å². The van der Waals surface area contributed by atoms with Gasteiger partial charge in [0.25, 0.3) is 0 Å². The molecule has 0 radical (unpaired) electrons. The van der Waals surface area contributed by atoms with Crippen LogP contribution in [0.2, 0.25) is 5.02 Å². The second-order valence-electron chi connectivity index (χ2n) is 10.4. The van der Waals surface area contributed by atoms with E-state index in [9.17, 15) is 14.0 Å². The van der Waals surface area contributed by atoms with Gasteiger partial charge in [0.05, 0.1) is 34.7 Å². The first-order chi connectivity index (χ1) is 19.7. The van der Waals surface area contributed by atoms with Crippen LogP contribution in [-0.4, -0.2) is 28.9 Å². The molecule has 2 heterocycles. The molecule has 0 unspecified atom stereocenters. The van der Waals surface area contributed by atoms with Crippen LogP contribution in [0, 0.1) is 18.2 Å². The number of ether oxygens (including phenoxy) is 1. The number of carbonyl (C=O) groups is 2. The van der Waals surface area contributed by atoms with Gasteiger partial charge in [-0.3, -0.25) is 19.6 Å². The molecule has 2 aromatic heterocycles. The standard InChI is InChI=1S/C32H32ClFN4O3/c1-4-5-21-16-28-24(17-29(21)41-3)20(12-15-35-28)6-11-26-25(33)18-27(19(2)36-26)38-31(40)32(13-14-32)30(39)37-23-9-7-22(34)8-10-23/h7-10,12,15-18H,4-6,11,13-14H2,1-3H3,(H,37,39)(H,38,40). The van der Waals surface area contributed by atoms with Crippen LogP contribution in [0.25, 0.3) is 10.9 Å². The average molecular weight is 575 g/mol. The highest BCUT2D eigenvalue weighted by Gasteiger charge is 2.56. The molecule has 2 amide bonds. The summed E-state index contributed by atoms with van der Waals surface area (Å²) in [5.74, 6) is -0.371. The highest BCUT2D eigenvalue weighted by atomic mass is 35.5. The molecule has 1 aliphatic rings. The van der Waals surface area contributed by atoms with Crippen LogP contribution in [0.5, 0.6) is 5.75 Å². The summed E-state index contributed by atoms with van der Waals surface area (Å²) in [4.78, 5) is 35.3. The third-order valence-electron chi connectivity index (χ3n) is 7.59. The second-order valence-corrected chi connectivity index (χ2v) is 10.9. The van der Waals surface area contributed by atoms with E-state index >= 15 is 0 Å². The Morgan fingerprint density at radius 3 is 2.41 bits per heavy atom. The van der Waals surface area contributed by atoms with Crippen molar-refractivity contribution in [1.29, 1.82) is 0 Å². The lowest BCUT2D eigenvalue weighted by Crippen LogP contribution is -2.35. The van der Waals surface area contributed by atoms with Crippen molar-refractivity contribution in [2.24, 2.45) is 5.41 Å². The normalized spacial score (nSPS) is 13.6. The molecule has 1 saturated carbocycles. The molecule has 7 nitrogen and oxygen atoms in total. The summed E-state index contributed by atoms with van der Waals surface area (Å²) in [6.45, 7) is 3.94. The van der Waals surface area contributed by atoms with Crippen LogP contribution in [0.15, 0.2) is 54.7 Å². The second kappa shape index (κ2) is 11.8. The molecule has 0 atom stereocenters. The van der Waals surface area contributed by atoms with Crippen LogP contribution in [0.4, 0.5) is 15.8 Å². The Kier molecular flexibility index (Phi) is 8.22. The van der Waals surface area contributed by atoms with Gasteiger partial charge < -0.3 is 15.4 Å². The summed E-state index contributed by atoms with van der Waals surface area (Å²) in [5, 5.41) is 7.04. The minimum atomic E-state index is -1.17. The number of fused-ring (bicyclic) bond motifs is 1. The number of halogens is 2. The molecular weight excluding hydrogens is 543 g/mol. The molecule has 5 rings (SSSR count). The van der Waals surface area contributed by atoms with Crippen molar-refractivity contribution in [2.75, 3.05) is 17.7 Å². The highest BCUT2D eigenvalue weighted by molar-refractivity contribution is 6.31. The average Bonchev–Trinajstić information content (AvgIpc) is 3.77. The number of aromatic nitrogens is 2. The van der Waals surface area contributed by atoms with Crippen LogP contribution in [0.1, 0.15) is 48.7 Å². The number of nitrogens with zero attached hydrogens (tertiary/aromatic N) is 2. The smallest absolute Gasteiger partial charge is 0.240 e. The molecule has 2 aromatic carbocycles. The zero-order valence-corrected chi connectivity index (χ0v) is 24.1. The summed E-state index contributed by atoms with van der Waals surface area (Å²) in [5.41, 5.74) is 4.24. The fourth-order valence-corrected chi connectivity index (χ4v) is 5.29. The largest absolute Gasteiger partial charge is 0.496 e. The number of hydrogen-bond acceptors (Lipinski definition) is 5. The van der Waals surface area contributed by atoms with Crippen molar-refractivity contribution < 1.29 is 18.7 Å². The van der Waals surface area contributed by atoms with Crippen LogP contribution in [0.3, 0.4) is 0 Å². The number of pyridine rings is 2. The van der Waals surface area contributed by atoms with E-state index in [1.54, 1.807) is 20.1 Å². The number of amides is 2. The summed E-state index contributed by atoms with van der Waals surface area (Å²) >= 11 is 6.63. The Bertz CT molecular complexity index is 1620. The zero-order chi connectivity index (χ0) is 29.1. The Balaban J connectivity index is 1.29. The van der Waals surface area contributed by atoms with Gasteiger partial charge in [-0.05, 0) is 98.7 Å². The summed E-state index contributed by atoms with van der Waals surface area (Å²) in [6.07, 6.45) is 5.90. The minimum absolute atomic E-state index is 0.402. The number of benzene rings is 2. The lowest BCUT2D eigenvalue weighted by atomic mass is 9.99. The molecule has 2 N–H and O–H groups in total. The highest BCUT2D eigenvalue weighted by Crippen LogP contribution is 2.47. The number of carbonyl (C=O) groups excluding carboxylic acids is 2. The maximum absolute atomic E-state index is 13.2. The molecule has 1 fully saturated rings. The van der Waals surface area contributed by atoms with Gasteiger partial charge in [0, 0.05) is 17.3 Å². The quantitative estimate of drug-likeness (QED) is 0.202. The van der Waals surface area contributed by atoms with Crippen LogP contribution in [-0.2, 0) is 28.9 Å². The van der Waals surface area contributed by atoms with E-state index in [4.69, 9.17) is 21.3 Å². The predicted molar refractivity (Wildman–Crippen MR) is 159 cm³/mol. The van der Waals surface area contributed by atoms with Gasteiger partial charge in [-0.25, -0.2) is 4.39 Å². The Labute approximate surface area is 243 Å². The van der Waals surface area contributed by atoms with Gasteiger partial charge in [0.15, 0.2) is 0 Å². The van der Waals surface area contributed by atoms with E-state index in [0.29, 0.717) is 47.8 Å². The fraction of sp³-hybridized carbons (Fsp3) is 0.312. The minimum Gasteiger partial charge on any atom is -0.496 e. The van der Waals surface area contributed by atoms with E-state index < -0.39 is 23.0 Å². The number of methoxy groups -OCH3 is 1. The van der Waals surface area contributed by atoms with Gasteiger partial charge in [-0.2, -0.15) is 0 Å². The summed E-state index contributed by atoms with van der Waals surface area (Å²) < 4.78 is 18.8. The molecule has 212 valence electrons. The number of nitrogens with one attached hydrogen (secondary N) is 2. The van der Waals surface area contributed by atoms with E-state index in [1.165, 1.54) is 24.3 Å². The third kappa shape index (κ3) is 6.03. The van der Waals surface area contributed by atoms with Crippen molar-refractivity contribution in [2.45, 2.75) is 52.4 Å². The fourth-order valence-electron chi connectivity index (χ4n) is 5.04. The van der Waals surface area contributed by atoms with E-state index in [1.807, 2.05) is 12.3 Å². The zero-order valence-electron chi connectivity index (χ0n) is 23.3. The first kappa shape index (κ1) is 28.5. The Morgan fingerprint density at radius 2 is 1.73 bits per heavy atom. The molecule has 41 heavy (non-hydrogen) atoms. The van der Waals surface area contributed by atoms with Gasteiger partial charge in [0.2, 0.25) is 11.8 Å². The van der Waals surface area contributed by atoms with Crippen molar-refractivity contribution in [3.63, 3.8) is 0 Å². The molecule has 0 aliphatic heterocycles. The maximum atomic E-state index is 13.2. The Hall–Kier alpha value is -4.04. The molecule has 4 aromatic rings. The van der Waals surface area contributed by atoms with Crippen molar-refractivity contribution >= 4 is 45.7 Å². The molecule has 9 heteroatoms. The van der Waals surface area contributed by atoms with Gasteiger partial charge in [-0.1, -0.05) is 24.9 Å². The molecule has 1 aliphatic carbocycles. The topological polar surface area (TPSA) is 93.2 Å². The summed E-state index contributed by atoms with van der Waals surface area (Å²) in [6, 6.07) is 13.3. The summed E-state index contributed by atoms with van der Waals surface area (Å²) in [7, 11) is 1.69. The van der Waals surface area contributed by atoms with Crippen molar-refractivity contribution in [3.05, 3.63) is 88.1 Å². The van der Waals surface area contributed by atoms with Gasteiger partial charge in [0.1, 0.15) is 17.0 Å². The molecular formula is C32H32ClFN4O3. The first-order valence-corrected chi connectivity index (χ1v) is 14.1. The maximum Gasteiger partial charge on any atom is 0.240 e.